The Kier molecular flexibility index (Phi) is 21.4. The minimum absolute atomic E-state index is 0. The molecule has 4 aromatic carbocycles. The van der Waals surface area contributed by atoms with Crippen LogP contribution in [0.25, 0.3) is 21.5 Å². The number of aryl methyl sites for hydroxylation is 2. The van der Waals surface area contributed by atoms with Crippen molar-refractivity contribution in [3.63, 3.8) is 0 Å². The molecule has 0 fully saturated rings. The van der Waals surface area contributed by atoms with Crippen molar-refractivity contribution in [1.29, 1.82) is 0 Å². The number of fused-ring (bicyclic) bond motifs is 2. The number of nitrogens with zero attached hydrogens (tertiary/aromatic N) is 2. The van der Waals surface area contributed by atoms with Crippen LogP contribution in [0.2, 0.25) is 0 Å². The Morgan fingerprint density at radius 2 is 0.769 bits per heavy atom. The van der Waals surface area contributed by atoms with Gasteiger partial charge in [-0.1, -0.05) is 12.1 Å². The zero-order valence-corrected chi connectivity index (χ0v) is 52.6. The standard InChI is InChI=1S/C43H36N10O17S4.4Na/c1-52-19-23(13-35(52)41(56)50-31-7-9-37(73(65,66)67)29-15-25(71(59,60)61)3-5-27(29)31)46-39(54)33-11-21(17-44-33)48-43(58)49-22-12-34(45-18-22)40(55)47-24-14-36(53(2)20-24)42(57)51-32-8-10-38(74(68,69)70)30-16-26(72(62,63)64)4-6-28(30)32;;;;/h3-20,44-45H,1-2H3,(H,46,54)(H,47,55)(H,50,56)(H,51,57)(H2,48,49,58)(H,59,60,61)(H,62,63,64)(H,65,66,67)(H,68,69,70);;;;/q;4*+1/p-4. The van der Waals surface area contributed by atoms with Gasteiger partial charge in [0, 0.05) is 71.8 Å². The Hall–Kier alpha value is -4.69. The van der Waals surface area contributed by atoms with E-state index in [1.54, 1.807) is 0 Å². The van der Waals surface area contributed by atoms with E-state index in [1.807, 2.05) is 0 Å². The molecule has 4 aromatic heterocycles. The van der Waals surface area contributed by atoms with Gasteiger partial charge in [-0.05, 0) is 72.8 Å². The molecule has 0 radical (unpaired) electrons. The third kappa shape index (κ3) is 15.0. The summed E-state index contributed by atoms with van der Waals surface area (Å²) in [6.07, 6.45) is 5.37. The topological polar surface area (TPSA) is 428 Å². The van der Waals surface area contributed by atoms with E-state index < -0.39 is 100 Å². The maximum absolute atomic E-state index is 13.4. The Bertz CT molecular complexity index is 3940. The summed E-state index contributed by atoms with van der Waals surface area (Å²) in [5.41, 5.74) is 0.320. The first-order valence-electron chi connectivity index (χ1n) is 20.5. The second-order valence-corrected chi connectivity index (χ2v) is 21.4. The molecule has 0 aliphatic heterocycles. The predicted octanol–water partition coefficient (Wildman–Crippen LogP) is -8.39. The first-order chi connectivity index (χ1) is 34.5. The Morgan fingerprint density at radius 1 is 0.410 bits per heavy atom. The number of benzene rings is 4. The third-order valence-corrected chi connectivity index (χ3v) is 14.3. The van der Waals surface area contributed by atoms with Gasteiger partial charge in [-0.15, -0.1) is 0 Å². The second-order valence-electron chi connectivity index (χ2n) is 15.9. The average molecular weight is 1180 g/mol. The summed E-state index contributed by atoms with van der Waals surface area (Å²) in [5, 5.41) is 14.3. The van der Waals surface area contributed by atoms with E-state index in [2.05, 4.69) is 41.9 Å². The molecule has 0 saturated carbocycles. The monoisotopic (exact) mass is 1180 g/mol. The molecule has 6 amide bonds. The summed E-state index contributed by atoms with van der Waals surface area (Å²) in [4.78, 5) is 68.1. The van der Waals surface area contributed by atoms with E-state index >= 15 is 0 Å². The Labute approximate surface area is 530 Å². The molecule has 27 nitrogen and oxygen atoms in total. The number of H-pyrrole nitrogens is 2. The zero-order chi connectivity index (χ0) is 53.8. The van der Waals surface area contributed by atoms with Crippen LogP contribution < -0.4 is 150 Å². The molecule has 0 unspecified atom stereocenters. The molecule has 0 atom stereocenters. The van der Waals surface area contributed by atoms with Crippen molar-refractivity contribution >= 4 is 126 Å². The van der Waals surface area contributed by atoms with Gasteiger partial charge in [-0.25, -0.2) is 38.5 Å². The van der Waals surface area contributed by atoms with Crippen molar-refractivity contribution in [3.8, 4) is 0 Å². The van der Waals surface area contributed by atoms with Crippen molar-refractivity contribution in [1.82, 2.24) is 19.1 Å². The number of rotatable bonds is 14. The third-order valence-electron chi connectivity index (χ3n) is 10.9. The summed E-state index contributed by atoms with van der Waals surface area (Å²) in [7, 11) is -17.5. The molecule has 0 saturated heterocycles. The quantitative estimate of drug-likeness (QED) is 0.0370. The number of hydrogen-bond donors (Lipinski definition) is 8. The molecular weight excluding hydrogens is 1150 g/mol. The smallest absolute Gasteiger partial charge is 0.744 e. The van der Waals surface area contributed by atoms with Crippen molar-refractivity contribution in [2.24, 2.45) is 14.1 Å². The van der Waals surface area contributed by atoms with E-state index in [9.17, 15) is 75.9 Å². The Balaban J connectivity index is 0.00000328. The fourth-order valence-corrected chi connectivity index (χ4v) is 9.88. The molecular formula is C43H32N10Na4O17S4. The molecule has 35 heteroatoms. The zero-order valence-electron chi connectivity index (χ0n) is 41.4. The van der Waals surface area contributed by atoms with Gasteiger partial charge in [0.2, 0.25) is 0 Å². The van der Waals surface area contributed by atoms with Gasteiger partial charge in [0.1, 0.15) is 63.2 Å². The SMILES string of the molecule is Cn1cc(NC(=O)c2cc(NC(=O)Nc3c[nH]c(C(=O)Nc4cc(C(=O)Nc5ccc(S(=O)(=O)[O-])c6cc(S(=O)(=O)[O-])ccc56)n(C)c4)c3)c[nH]2)cc1C(=O)Nc1ccc(S(=O)(=O)[O-])c2cc(S(=O)(=O)[O-])ccc12.[Na+].[Na+].[Na+].[Na+]. The van der Waals surface area contributed by atoms with Crippen molar-refractivity contribution in [2.45, 2.75) is 19.6 Å². The number of carbonyl (C=O) groups is 5. The van der Waals surface area contributed by atoms with Crippen molar-refractivity contribution in [3.05, 3.63) is 132 Å². The maximum Gasteiger partial charge on any atom is 1.00 e. The Morgan fingerprint density at radius 3 is 1.10 bits per heavy atom. The van der Waals surface area contributed by atoms with Gasteiger partial charge in [0.25, 0.3) is 23.6 Å². The number of anilines is 6. The summed E-state index contributed by atoms with van der Waals surface area (Å²) >= 11 is 0. The van der Waals surface area contributed by atoms with Gasteiger partial charge in [-0.2, -0.15) is 0 Å². The van der Waals surface area contributed by atoms with E-state index in [0.29, 0.717) is 12.1 Å². The number of aromatic nitrogens is 4. The van der Waals surface area contributed by atoms with Crippen LogP contribution in [0.3, 0.4) is 0 Å². The van der Waals surface area contributed by atoms with Crippen LogP contribution in [0.15, 0.2) is 129 Å². The van der Waals surface area contributed by atoms with Crippen molar-refractivity contribution < 1.29 is 194 Å². The fourth-order valence-electron chi connectivity index (χ4n) is 7.54. The maximum atomic E-state index is 13.4. The van der Waals surface area contributed by atoms with Crippen LogP contribution in [0.5, 0.6) is 0 Å². The summed E-state index contributed by atoms with van der Waals surface area (Å²) in [5.74, 6) is -2.96. The fraction of sp³-hybridized carbons (Fsp3) is 0.0465. The molecule has 4 heterocycles. The van der Waals surface area contributed by atoms with E-state index in [1.165, 1.54) is 72.3 Å². The number of nitrogens with one attached hydrogen (secondary N) is 8. The van der Waals surface area contributed by atoms with Crippen LogP contribution in [-0.4, -0.2) is 101 Å². The largest absolute Gasteiger partial charge is 1.00 e. The molecule has 8 aromatic rings. The van der Waals surface area contributed by atoms with E-state index in [-0.39, 0.29) is 186 Å². The molecule has 8 rings (SSSR count). The van der Waals surface area contributed by atoms with Crippen LogP contribution in [0.1, 0.15) is 42.0 Å². The first-order valence-corrected chi connectivity index (χ1v) is 26.2. The molecule has 0 spiro atoms. The van der Waals surface area contributed by atoms with Gasteiger partial charge in [-0.3, -0.25) is 19.2 Å². The normalized spacial score (nSPS) is 11.5. The number of amides is 6. The minimum atomic E-state index is -5.15. The number of urea groups is 1. The number of carbonyl (C=O) groups excluding carboxylic acids is 5. The molecule has 8 N–H and O–H groups in total. The van der Waals surface area contributed by atoms with Crippen LogP contribution in [-0.2, 0) is 54.6 Å². The number of aromatic amines is 2. The van der Waals surface area contributed by atoms with E-state index in [4.69, 9.17) is 0 Å². The van der Waals surface area contributed by atoms with Gasteiger partial charge < -0.3 is 69.2 Å². The molecule has 0 aliphatic rings. The van der Waals surface area contributed by atoms with Gasteiger partial charge >= 0.3 is 124 Å². The minimum Gasteiger partial charge on any atom is -0.744 e. The van der Waals surface area contributed by atoms with Gasteiger partial charge in [0.15, 0.2) is 0 Å². The number of hydrogen-bond acceptors (Lipinski definition) is 17. The second kappa shape index (κ2) is 25.4. The van der Waals surface area contributed by atoms with Crippen molar-refractivity contribution in [2.75, 3.05) is 31.9 Å². The van der Waals surface area contributed by atoms with E-state index in [0.717, 1.165) is 48.5 Å². The van der Waals surface area contributed by atoms with Crippen LogP contribution in [0.4, 0.5) is 38.9 Å². The summed E-state index contributed by atoms with van der Waals surface area (Å²) in [6.45, 7) is 0. The molecule has 384 valence electrons. The van der Waals surface area contributed by atoms with Gasteiger partial charge in [0.05, 0.1) is 42.3 Å². The van der Waals surface area contributed by atoms with Crippen LogP contribution in [0, 0.1) is 0 Å². The molecule has 0 bridgehead atoms. The summed E-state index contributed by atoms with van der Waals surface area (Å²) < 4.78 is 144. The molecule has 0 aliphatic carbocycles. The first kappa shape index (κ1) is 65.8. The molecule has 78 heavy (non-hydrogen) atoms. The summed E-state index contributed by atoms with van der Waals surface area (Å²) in [6, 6.07) is 13.6. The average Bonchev–Trinajstić information content (AvgIpc) is 4.12. The van der Waals surface area contributed by atoms with Crippen LogP contribution >= 0.6 is 0 Å². The predicted molar refractivity (Wildman–Crippen MR) is 257 cm³/mol.